The summed E-state index contributed by atoms with van der Waals surface area (Å²) in [4.78, 5) is 6.41. The highest BCUT2D eigenvalue weighted by molar-refractivity contribution is 7.15. The van der Waals surface area contributed by atoms with Crippen LogP contribution in [0.2, 0.25) is 5.02 Å². The monoisotopic (exact) mass is 488 g/mol. The second-order valence-corrected chi connectivity index (χ2v) is 10.9. The smallest absolute Gasteiger partial charge is 0.162 e. The molecule has 2 aromatic carbocycles. The van der Waals surface area contributed by atoms with E-state index in [2.05, 4.69) is 65.9 Å². The zero-order valence-corrected chi connectivity index (χ0v) is 21.6. The molecule has 1 aliphatic rings. The van der Waals surface area contributed by atoms with Crippen LogP contribution in [0.4, 0.5) is 0 Å². The van der Waals surface area contributed by atoms with Crippen molar-refractivity contribution >= 4 is 28.6 Å². The molecule has 34 heavy (non-hydrogen) atoms. The summed E-state index contributed by atoms with van der Waals surface area (Å²) in [7, 11) is 0. The summed E-state index contributed by atoms with van der Waals surface area (Å²) in [6.45, 7) is 8.60. The summed E-state index contributed by atoms with van der Waals surface area (Å²) in [5.74, 6) is 2.43. The lowest BCUT2D eigenvalue weighted by molar-refractivity contribution is 0.647. The lowest BCUT2D eigenvalue weighted by Crippen LogP contribution is -2.05. The van der Waals surface area contributed by atoms with Crippen molar-refractivity contribution in [3.63, 3.8) is 0 Å². The third-order valence-electron chi connectivity index (χ3n) is 6.22. The standard InChI is InChI=1S/C28H29ClN4S/c1-17(2)15-21-11-9-20(10-12-21)13-14-22-16-24-26(23-7-5-6-8-25(23)29)30-18(3)27-32-31-19(4)33(27)28(24)34-22/h5-12,16-18H,13-15H2,1-4H3/t18-/m0/s1. The van der Waals surface area contributed by atoms with Gasteiger partial charge in [-0.1, -0.05) is 67.9 Å². The van der Waals surface area contributed by atoms with E-state index < -0.39 is 0 Å². The quantitative estimate of drug-likeness (QED) is 0.288. The molecule has 0 unspecified atom stereocenters. The highest BCUT2D eigenvalue weighted by atomic mass is 35.5. The molecule has 174 valence electrons. The first-order valence-corrected chi connectivity index (χ1v) is 13.1. The fourth-order valence-corrected chi connectivity index (χ4v) is 6.00. The molecule has 0 bridgehead atoms. The van der Waals surface area contributed by atoms with Gasteiger partial charge in [-0.15, -0.1) is 21.5 Å². The summed E-state index contributed by atoms with van der Waals surface area (Å²) in [5.41, 5.74) is 5.77. The van der Waals surface area contributed by atoms with Crippen molar-refractivity contribution in [2.75, 3.05) is 0 Å². The number of fused-ring (bicyclic) bond motifs is 3. The zero-order valence-electron chi connectivity index (χ0n) is 20.0. The molecule has 0 fully saturated rings. The van der Waals surface area contributed by atoms with Gasteiger partial charge in [-0.2, -0.15) is 0 Å². The Morgan fingerprint density at radius 1 is 0.971 bits per heavy atom. The summed E-state index contributed by atoms with van der Waals surface area (Å²) < 4.78 is 2.17. The first kappa shape index (κ1) is 23.0. The van der Waals surface area contributed by atoms with E-state index in [1.54, 1.807) is 11.3 Å². The van der Waals surface area contributed by atoms with Crippen molar-refractivity contribution in [1.82, 2.24) is 14.8 Å². The van der Waals surface area contributed by atoms with Crippen LogP contribution in [-0.4, -0.2) is 20.5 Å². The Morgan fingerprint density at radius 3 is 2.44 bits per heavy atom. The van der Waals surface area contributed by atoms with Crippen molar-refractivity contribution in [2.24, 2.45) is 10.9 Å². The third kappa shape index (κ3) is 4.47. The second-order valence-electron chi connectivity index (χ2n) is 9.42. The van der Waals surface area contributed by atoms with Crippen LogP contribution in [-0.2, 0) is 19.3 Å². The Kier molecular flexibility index (Phi) is 6.41. The van der Waals surface area contributed by atoms with Gasteiger partial charge in [0.25, 0.3) is 0 Å². The van der Waals surface area contributed by atoms with Crippen LogP contribution < -0.4 is 0 Å². The lowest BCUT2D eigenvalue weighted by Gasteiger charge is -2.09. The highest BCUT2D eigenvalue weighted by Crippen LogP contribution is 2.37. The maximum absolute atomic E-state index is 6.62. The molecule has 0 saturated carbocycles. The van der Waals surface area contributed by atoms with Crippen LogP contribution >= 0.6 is 22.9 Å². The third-order valence-corrected chi connectivity index (χ3v) is 7.73. The molecule has 1 atom stereocenters. The largest absolute Gasteiger partial charge is 0.273 e. The van der Waals surface area contributed by atoms with Crippen LogP contribution in [0.1, 0.15) is 65.6 Å². The maximum Gasteiger partial charge on any atom is 0.162 e. The number of benzene rings is 2. The number of thiophene rings is 1. The summed E-state index contributed by atoms with van der Waals surface area (Å²) in [5, 5.41) is 10.7. The van der Waals surface area contributed by atoms with Gasteiger partial charge >= 0.3 is 0 Å². The number of hydrogen-bond donors (Lipinski definition) is 0. The Bertz CT molecular complexity index is 1350. The van der Waals surface area contributed by atoms with E-state index >= 15 is 0 Å². The number of rotatable bonds is 6. The number of aliphatic imine (C=N–C) groups is 1. The molecule has 0 saturated heterocycles. The SMILES string of the molecule is Cc1nnc2n1-c1sc(CCc3ccc(CC(C)C)cc3)cc1C(c1ccccc1Cl)=N[C@H]2C. The van der Waals surface area contributed by atoms with E-state index in [1.807, 2.05) is 31.2 Å². The molecular weight excluding hydrogens is 460 g/mol. The zero-order chi connectivity index (χ0) is 23.8. The first-order chi connectivity index (χ1) is 16.4. The molecule has 1 aliphatic heterocycles. The van der Waals surface area contributed by atoms with Gasteiger partial charge in [0.2, 0.25) is 0 Å². The highest BCUT2D eigenvalue weighted by Gasteiger charge is 2.28. The van der Waals surface area contributed by atoms with Gasteiger partial charge in [-0.05, 0) is 62.3 Å². The van der Waals surface area contributed by atoms with E-state index in [0.29, 0.717) is 10.9 Å². The van der Waals surface area contributed by atoms with E-state index in [-0.39, 0.29) is 6.04 Å². The van der Waals surface area contributed by atoms with Crippen molar-refractivity contribution in [3.05, 3.63) is 98.4 Å². The van der Waals surface area contributed by atoms with Crippen molar-refractivity contribution in [2.45, 2.75) is 53.0 Å². The average molecular weight is 489 g/mol. The fraction of sp³-hybridized carbons (Fsp3) is 0.321. The predicted molar refractivity (Wildman–Crippen MR) is 142 cm³/mol. The molecule has 3 heterocycles. The molecule has 0 radical (unpaired) electrons. The Morgan fingerprint density at radius 2 is 1.71 bits per heavy atom. The number of halogens is 1. The van der Waals surface area contributed by atoms with Gasteiger partial charge in [-0.25, -0.2) is 0 Å². The van der Waals surface area contributed by atoms with E-state index in [1.165, 1.54) is 16.0 Å². The maximum atomic E-state index is 6.62. The summed E-state index contributed by atoms with van der Waals surface area (Å²) in [6.07, 6.45) is 3.11. The number of nitrogens with zero attached hydrogens (tertiary/aromatic N) is 4. The molecule has 0 aliphatic carbocycles. The van der Waals surface area contributed by atoms with Crippen LogP contribution in [0.3, 0.4) is 0 Å². The van der Waals surface area contributed by atoms with E-state index in [0.717, 1.165) is 52.8 Å². The molecule has 0 N–H and O–H groups in total. The number of hydrogen-bond acceptors (Lipinski definition) is 4. The lowest BCUT2D eigenvalue weighted by atomic mass is 10.00. The summed E-state index contributed by atoms with van der Waals surface area (Å²) in [6, 6.07) is 19.2. The normalized spacial score (nSPS) is 15.1. The Labute approximate surface area is 210 Å². The van der Waals surface area contributed by atoms with E-state index in [4.69, 9.17) is 16.6 Å². The molecule has 4 aromatic rings. The number of aryl methyl sites for hydroxylation is 3. The summed E-state index contributed by atoms with van der Waals surface area (Å²) >= 11 is 8.43. The van der Waals surface area contributed by atoms with Crippen molar-refractivity contribution in [1.29, 1.82) is 0 Å². The molecule has 5 rings (SSSR count). The van der Waals surface area contributed by atoms with Gasteiger partial charge in [-0.3, -0.25) is 9.56 Å². The van der Waals surface area contributed by atoms with Crippen LogP contribution in [0.25, 0.3) is 5.00 Å². The molecule has 0 amide bonds. The first-order valence-electron chi connectivity index (χ1n) is 11.9. The van der Waals surface area contributed by atoms with Crippen molar-refractivity contribution < 1.29 is 0 Å². The topological polar surface area (TPSA) is 43.1 Å². The second kappa shape index (κ2) is 9.47. The fourth-order valence-electron chi connectivity index (χ4n) is 4.56. The van der Waals surface area contributed by atoms with Crippen molar-refractivity contribution in [3.8, 4) is 5.00 Å². The average Bonchev–Trinajstić information content (AvgIpc) is 3.37. The minimum absolute atomic E-state index is 0.111. The molecule has 6 heteroatoms. The van der Waals surface area contributed by atoms with E-state index in [9.17, 15) is 0 Å². The molecule has 0 spiro atoms. The Balaban J connectivity index is 1.50. The van der Waals surface area contributed by atoms with Gasteiger partial charge in [0, 0.05) is 21.0 Å². The number of aromatic nitrogens is 3. The predicted octanol–water partition coefficient (Wildman–Crippen LogP) is 7.19. The van der Waals surface area contributed by atoms with Gasteiger partial charge in [0.1, 0.15) is 16.9 Å². The van der Waals surface area contributed by atoms with Gasteiger partial charge < -0.3 is 0 Å². The van der Waals surface area contributed by atoms with Crippen LogP contribution in [0.5, 0.6) is 0 Å². The molecular formula is C28H29ClN4S. The van der Waals surface area contributed by atoms with Gasteiger partial charge in [0.05, 0.1) is 5.71 Å². The van der Waals surface area contributed by atoms with Crippen LogP contribution in [0, 0.1) is 12.8 Å². The van der Waals surface area contributed by atoms with Gasteiger partial charge in [0.15, 0.2) is 5.82 Å². The molecule has 2 aromatic heterocycles. The minimum Gasteiger partial charge on any atom is -0.273 e. The Hall–Kier alpha value is -2.76. The molecule has 4 nitrogen and oxygen atoms in total. The minimum atomic E-state index is -0.111. The van der Waals surface area contributed by atoms with Crippen LogP contribution in [0.15, 0.2) is 59.6 Å².